The van der Waals surface area contributed by atoms with E-state index >= 15 is 0 Å². The summed E-state index contributed by atoms with van der Waals surface area (Å²) in [6, 6.07) is 7.59. The van der Waals surface area contributed by atoms with Crippen LogP contribution in [0.5, 0.6) is 5.88 Å². The van der Waals surface area contributed by atoms with Crippen LogP contribution >= 0.6 is 11.6 Å². The number of nitrogens with one attached hydrogen (secondary N) is 1. The van der Waals surface area contributed by atoms with Crippen molar-refractivity contribution >= 4 is 23.5 Å². The summed E-state index contributed by atoms with van der Waals surface area (Å²) in [4.78, 5) is 16.8. The Labute approximate surface area is 121 Å². The highest BCUT2D eigenvalue weighted by molar-refractivity contribution is 6.30. The first-order chi connectivity index (χ1) is 9.42. The van der Waals surface area contributed by atoms with E-state index in [0.717, 1.165) is 5.69 Å². The molecule has 0 radical (unpaired) electrons. The lowest BCUT2D eigenvalue weighted by Crippen LogP contribution is -2.21. The maximum atomic E-state index is 10.2. The fraction of sp³-hybridized carbons (Fsp3) is 0.154. The first-order valence-corrected chi connectivity index (χ1v) is 5.97. The molecule has 0 spiro atoms. The zero-order valence-electron chi connectivity index (χ0n) is 11.0. The highest BCUT2D eigenvalue weighted by Crippen LogP contribution is 2.08. The Bertz CT molecular complexity index is 568. The van der Waals surface area contributed by atoms with Crippen LogP contribution in [0.15, 0.2) is 30.3 Å². The van der Waals surface area contributed by atoms with Crippen LogP contribution in [0.25, 0.3) is 0 Å². The second-order valence-corrected chi connectivity index (χ2v) is 4.21. The van der Waals surface area contributed by atoms with Crippen LogP contribution in [0.2, 0.25) is 5.02 Å². The van der Waals surface area contributed by atoms with Crippen molar-refractivity contribution in [1.82, 2.24) is 4.98 Å². The largest absolute Gasteiger partial charge is 0.545 e. The van der Waals surface area contributed by atoms with Gasteiger partial charge in [-0.2, -0.15) is 0 Å². The highest BCUT2D eigenvalue weighted by Gasteiger charge is 2.02. The third kappa shape index (κ3) is 5.11. The molecule has 0 fully saturated rings. The van der Waals surface area contributed by atoms with Crippen LogP contribution in [0.3, 0.4) is 0 Å². The summed E-state index contributed by atoms with van der Waals surface area (Å²) in [5.41, 5.74) is 6.37. The lowest BCUT2D eigenvalue weighted by atomic mass is 10.2. The molecule has 2 rings (SSSR count). The predicted molar refractivity (Wildman–Crippen MR) is 72.3 cm³/mol. The number of aromatic amines is 1. The Morgan fingerprint density at radius 3 is 2.45 bits per heavy atom. The molecule has 0 aliphatic rings. The van der Waals surface area contributed by atoms with Gasteiger partial charge in [0.2, 0.25) is 0 Å². The Morgan fingerprint density at radius 2 is 2.00 bits per heavy atom. The van der Waals surface area contributed by atoms with Crippen LogP contribution in [0.4, 0.5) is 5.95 Å². The number of carboxylic acid groups (broad SMARTS) is 1. The van der Waals surface area contributed by atoms with E-state index < -0.39 is 5.97 Å². The molecule has 0 saturated heterocycles. The van der Waals surface area contributed by atoms with Gasteiger partial charge in [-0.3, -0.25) is 5.73 Å². The number of nitrogens with two attached hydrogens (primary N) is 1. The van der Waals surface area contributed by atoms with E-state index in [0.29, 0.717) is 16.9 Å². The third-order valence-electron chi connectivity index (χ3n) is 2.19. The number of halogens is 1. The number of carbonyl (C=O) groups excluding carboxylic acids is 1. The lowest BCUT2D eigenvalue weighted by Gasteiger charge is -1.99. The highest BCUT2D eigenvalue weighted by atomic mass is 35.5. The second kappa shape index (κ2) is 7.30. The van der Waals surface area contributed by atoms with E-state index in [4.69, 9.17) is 22.1 Å². The maximum absolute atomic E-state index is 10.2. The number of nitrogen functional groups attached to an aromatic ring is 1. The molecule has 7 heteroatoms. The van der Waals surface area contributed by atoms with Crippen molar-refractivity contribution < 1.29 is 19.6 Å². The fourth-order valence-electron chi connectivity index (χ4n) is 1.30. The van der Waals surface area contributed by atoms with Gasteiger partial charge in [0, 0.05) is 5.02 Å². The maximum Gasteiger partial charge on any atom is 0.389 e. The monoisotopic (exact) mass is 295 g/mol. The van der Waals surface area contributed by atoms with Gasteiger partial charge in [-0.25, -0.2) is 4.98 Å². The number of carboxylic acids is 1. The number of aromatic carboxylic acids is 1. The number of aromatic nitrogens is 2. The SMILES string of the molecule is COc1cc(C)nc(N)[nH+]1.O=C([O-])c1ccc(Cl)cc1. The minimum Gasteiger partial charge on any atom is -0.545 e. The van der Waals surface area contributed by atoms with Gasteiger partial charge in [-0.1, -0.05) is 28.7 Å². The number of carbonyl (C=O) groups is 1. The van der Waals surface area contributed by atoms with Crippen molar-refractivity contribution in [3.63, 3.8) is 0 Å². The number of methoxy groups -OCH3 is 1. The number of benzene rings is 1. The average molecular weight is 296 g/mol. The molecule has 0 atom stereocenters. The molecule has 0 unspecified atom stereocenters. The summed E-state index contributed by atoms with van der Waals surface area (Å²) in [6.07, 6.45) is 0. The van der Waals surface area contributed by atoms with Gasteiger partial charge in [-0.05, 0) is 24.6 Å². The van der Waals surface area contributed by atoms with Crippen molar-refractivity contribution in [2.75, 3.05) is 12.8 Å². The molecule has 0 aliphatic heterocycles. The Morgan fingerprint density at radius 1 is 1.40 bits per heavy atom. The van der Waals surface area contributed by atoms with E-state index in [9.17, 15) is 9.90 Å². The number of rotatable bonds is 2. The van der Waals surface area contributed by atoms with E-state index in [1.54, 1.807) is 13.2 Å². The molecule has 0 saturated carbocycles. The molecule has 1 aromatic carbocycles. The molecule has 0 amide bonds. The van der Waals surface area contributed by atoms with Crippen molar-refractivity contribution in [2.45, 2.75) is 6.92 Å². The van der Waals surface area contributed by atoms with Crippen LogP contribution in [-0.4, -0.2) is 18.1 Å². The minimum absolute atomic E-state index is 0.143. The zero-order valence-corrected chi connectivity index (χ0v) is 11.8. The standard InChI is InChI=1S/C7H5ClO2.C6H9N3O/c8-6-3-1-5(2-4-6)7(9)10;1-4-3-5(10-2)9-6(7)8-4/h1-4H,(H,9,10);3H,1-2H3,(H2,7,8,9). The number of hydrogen-bond donors (Lipinski definition) is 1. The number of ether oxygens (including phenoxy) is 1. The molecule has 2 aromatic rings. The Kier molecular flexibility index (Phi) is 5.74. The van der Waals surface area contributed by atoms with E-state index in [2.05, 4.69) is 9.97 Å². The minimum atomic E-state index is -1.18. The van der Waals surface area contributed by atoms with Crippen molar-refractivity contribution in [2.24, 2.45) is 0 Å². The normalized spacial score (nSPS) is 9.35. The number of anilines is 1. The molecule has 1 aromatic heterocycles. The van der Waals surface area contributed by atoms with E-state index in [1.165, 1.54) is 24.3 Å². The number of H-pyrrole nitrogens is 1. The molecular weight excluding hydrogens is 282 g/mol. The number of aryl methyl sites for hydroxylation is 1. The van der Waals surface area contributed by atoms with Gasteiger partial charge >= 0.3 is 5.95 Å². The smallest absolute Gasteiger partial charge is 0.389 e. The Balaban J connectivity index is 0.000000200. The molecule has 1 heterocycles. The van der Waals surface area contributed by atoms with Gasteiger partial charge in [0.1, 0.15) is 5.69 Å². The summed E-state index contributed by atoms with van der Waals surface area (Å²) in [7, 11) is 1.57. The van der Waals surface area contributed by atoms with Gasteiger partial charge in [-0.15, -0.1) is 0 Å². The van der Waals surface area contributed by atoms with Gasteiger partial charge < -0.3 is 14.6 Å². The quantitative estimate of drug-likeness (QED) is 0.869. The molecule has 0 aliphatic carbocycles. The lowest BCUT2D eigenvalue weighted by molar-refractivity contribution is -0.380. The average Bonchev–Trinajstić information content (AvgIpc) is 2.38. The van der Waals surface area contributed by atoms with Gasteiger partial charge in [0.25, 0.3) is 5.88 Å². The molecule has 106 valence electrons. The van der Waals surface area contributed by atoms with Crippen LogP contribution < -0.4 is 20.6 Å². The second-order valence-electron chi connectivity index (χ2n) is 3.77. The predicted octanol–water partition coefficient (Wildman–Crippen LogP) is 0.498. The Hall–Kier alpha value is -2.34. The number of nitrogens with zero attached hydrogens (tertiary/aromatic N) is 1. The summed E-state index contributed by atoms with van der Waals surface area (Å²) >= 11 is 5.50. The van der Waals surface area contributed by atoms with E-state index in [1.807, 2.05) is 6.92 Å². The first kappa shape index (κ1) is 15.7. The van der Waals surface area contributed by atoms with Crippen molar-refractivity contribution in [3.8, 4) is 5.88 Å². The molecule has 20 heavy (non-hydrogen) atoms. The summed E-state index contributed by atoms with van der Waals surface area (Å²) < 4.78 is 4.90. The van der Waals surface area contributed by atoms with E-state index in [-0.39, 0.29) is 5.56 Å². The first-order valence-electron chi connectivity index (χ1n) is 5.59. The molecule has 6 nitrogen and oxygen atoms in total. The van der Waals surface area contributed by atoms with Crippen LogP contribution in [0.1, 0.15) is 16.1 Å². The van der Waals surface area contributed by atoms with Crippen LogP contribution in [-0.2, 0) is 0 Å². The molecule has 3 N–H and O–H groups in total. The third-order valence-corrected chi connectivity index (χ3v) is 2.44. The van der Waals surface area contributed by atoms with Crippen LogP contribution in [0, 0.1) is 6.92 Å². The van der Waals surface area contributed by atoms with Gasteiger partial charge in [0.15, 0.2) is 0 Å². The zero-order chi connectivity index (χ0) is 15.1. The van der Waals surface area contributed by atoms with Gasteiger partial charge in [0.05, 0.1) is 19.1 Å². The number of hydrogen-bond acceptors (Lipinski definition) is 5. The van der Waals surface area contributed by atoms with Crippen molar-refractivity contribution in [3.05, 3.63) is 46.6 Å². The molecule has 0 bridgehead atoms. The summed E-state index contributed by atoms with van der Waals surface area (Å²) in [6.45, 7) is 1.85. The fourth-order valence-corrected chi connectivity index (χ4v) is 1.42. The van der Waals surface area contributed by atoms with Crippen molar-refractivity contribution in [1.29, 1.82) is 0 Å². The molecular formula is C13H14ClN3O3. The summed E-state index contributed by atoms with van der Waals surface area (Å²) in [5.74, 6) is -0.182. The topological polar surface area (TPSA) is 102 Å². The summed E-state index contributed by atoms with van der Waals surface area (Å²) in [5, 5.41) is 10.7.